The van der Waals surface area contributed by atoms with E-state index in [4.69, 9.17) is 4.74 Å². The molecule has 0 saturated heterocycles. The number of hydrogen-bond donors (Lipinski definition) is 1. The van der Waals surface area contributed by atoms with Gasteiger partial charge in [0, 0.05) is 24.5 Å². The maximum atomic E-state index is 13.2. The number of pyridine rings is 1. The molecular formula is C26H26N2O3. The second kappa shape index (κ2) is 8.64. The molecule has 3 aromatic rings. The lowest BCUT2D eigenvalue weighted by molar-refractivity contribution is -0.130. The van der Waals surface area contributed by atoms with E-state index in [1.165, 1.54) is 5.56 Å². The van der Waals surface area contributed by atoms with E-state index in [9.17, 15) is 9.90 Å². The first-order chi connectivity index (χ1) is 15.0. The molecular weight excluding hydrogens is 388 g/mol. The van der Waals surface area contributed by atoms with E-state index in [1.807, 2.05) is 36.4 Å². The number of carbonyl (C=O) groups excluding carboxylic acids is 1. The van der Waals surface area contributed by atoms with E-state index in [0.717, 1.165) is 22.4 Å². The standard InChI is InChI=1S/C26H26N2O3/c1-17(2)19-4-6-21(7-5-19)24-23(20-8-10-22(31-3)11-9-20)25(29)26(30)28(24)16-18-12-14-27-15-13-18/h4-15,17,24,29H,16H2,1-3H3. The number of methoxy groups -OCH3 is 1. The lowest BCUT2D eigenvalue weighted by Crippen LogP contribution is -2.29. The zero-order chi connectivity index (χ0) is 22.0. The number of amides is 1. The third-order valence-corrected chi connectivity index (χ3v) is 5.73. The van der Waals surface area contributed by atoms with Gasteiger partial charge in [0.1, 0.15) is 5.75 Å². The van der Waals surface area contributed by atoms with Crippen molar-refractivity contribution in [2.24, 2.45) is 0 Å². The zero-order valence-electron chi connectivity index (χ0n) is 17.9. The highest BCUT2D eigenvalue weighted by Crippen LogP contribution is 2.44. The van der Waals surface area contributed by atoms with Crippen molar-refractivity contribution >= 4 is 11.5 Å². The van der Waals surface area contributed by atoms with Gasteiger partial charge in [-0.2, -0.15) is 0 Å². The average Bonchev–Trinajstić information content (AvgIpc) is 3.05. The van der Waals surface area contributed by atoms with Crippen LogP contribution in [0.4, 0.5) is 0 Å². The van der Waals surface area contributed by atoms with Crippen LogP contribution in [0.3, 0.4) is 0 Å². The van der Waals surface area contributed by atoms with Crippen molar-refractivity contribution in [3.05, 3.63) is 101 Å². The van der Waals surface area contributed by atoms with Gasteiger partial charge in [0.05, 0.1) is 13.2 Å². The molecule has 0 saturated carbocycles. The molecule has 1 amide bonds. The summed E-state index contributed by atoms with van der Waals surface area (Å²) in [5.41, 5.74) is 4.55. The Morgan fingerprint density at radius 3 is 2.23 bits per heavy atom. The third kappa shape index (κ3) is 4.04. The van der Waals surface area contributed by atoms with Crippen LogP contribution in [0.5, 0.6) is 5.75 Å². The molecule has 1 aliphatic heterocycles. The first-order valence-electron chi connectivity index (χ1n) is 10.4. The highest BCUT2D eigenvalue weighted by molar-refractivity contribution is 6.05. The summed E-state index contributed by atoms with van der Waals surface area (Å²) in [6.45, 7) is 4.68. The predicted octanol–water partition coefficient (Wildman–Crippen LogP) is 5.27. The quantitative estimate of drug-likeness (QED) is 0.597. The molecule has 0 aliphatic carbocycles. The van der Waals surface area contributed by atoms with Crippen LogP contribution < -0.4 is 4.74 Å². The van der Waals surface area contributed by atoms with E-state index >= 15 is 0 Å². The van der Waals surface area contributed by atoms with Crippen LogP contribution in [0.2, 0.25) is 0 Å². The average molecular weight is 415 g/mol. The molecule has 0 fully saturated rings. The first-order valence-corrected chi connectivity index (χ1v) is 10.4. The van der Waals surface area contributed by atoms with E-state index in [2.05, 4.69) is 43.1 Å². The lowest BCUT2D eigenvalue weighted by atomic mass is 9.91. The molecule has 1 unspecified atom stereocenters. The summed E-state index contributed by atoms with van der Waals surface area (Å²) >= 11 is 0. The van der Waals surface area contributed by atoms with E-state index in [1.54, 1.807) is 24.4 Å². The molecule has 4 rings (SSSR count). The van der Waals surface area contributed by atoms with Gasteiger partial charge in [0.2, 0.25) is 0 Å². The Balaban J connectivity index is 1.79. The van der Waals surface area contributed by atoms with Crippen molar-refractivity contribution in [1.29, 1.82) is 0 Å². The monoisotopic (exact) mass is 414 g/mol. The van der Waals surface area contributed by atoms with E-state index < -0.39 is 6.04 Å². The SMILES string of the molecule is COc1ccc(C2=C(O)C(=O)N(Cc3ccncc3)C2c2ccc(C(C)C)cc2)cc1. The van der Waals surface area contributed by atoms with Gasteiger partial charge in [-0.25, -0.2) is 0 Å². The van der Waals surface area contributed by atoms with Crippen molar-refractivity contribution < 1.29 is 14.6 Å². The zero-order valence-corrected chi connectivity index (χ0v) is 17.9. The van der Waals surface area contributed by atoms with E-state index in [0.29, 0.717) is 18.0 Å². The number of rotatable bonds is 6. The maximum absolute atomic E-state index is 13.2. The maximum Gasteiger partial charge on any atom is 0.290 e. The van der Waals surface area contributed by atoms with Gasteiger partial charge < -0.3 is 14.7 Å². The topological polar surface area (TPSA) is 62.7 Å². The van der Waals surface area contributed by atoms with Crippen LogP contribution in [0.25, 0.3) is 5.57 Å². The van der Waals surface area contributed by atoms with E-state index in [-0.39, 0.29) is 11.7 Å². The number of benzene rings is 2. The molecule has 5 heteroatoms. The van der Waals surface area contributed by atoms with Crippen molar-refractivity contribution in [3.63, 3.8) is 0 Å². The lowest BCUT2D eigenvalue weighted by Gasteiger charge is -2.28. The molecule has 1 atom stereocenters. The molecule has 1 N–H and O–H groups in total. The number of nitrogens with zero attached hydrogens (tertiary/aromatic N) is 2. The van der Waals surface area contributed by atoms with Crippen molar-refractivity contribution in [2.75, 3.05) is 7.11 Å². The van der Waals surface area contributed by atoms with Crippen molar-refractivity contribution in [3.8, 4) is 5.75 Å². The highest BCUT2D eigenvalue weighted by Gasteiger charge is 2.41. The highest BCUT2D eigenvalue weighted by atomic mass is 16.5. The third-order valence-electron chi connectivity index (χ3n) is 5.73. The molecule has 158 valence electrons. The van der Waals surface area contributed by atoms with Gasteiger partial charge in [-0.15, -0.1) is 0 Å². The molecule has 0 spiro atoms. The molecule has 1 aliphatic rings. The van der Waals surface area contributed by atoms with Crippen molar-refractivity contribution in [1.82, 2.24) is 9.88 Å². The number of carbonyl (C=O) groups is 1. The normalized spacial score (nSPS) is 16.3. The van der Waals surface area contributed by atoms with Crippen LogP contribution in [-0.2, 0) is 11.3 Å². The number of aromatic nitrogens is 1. The van der Waals surface area contributed by atoms with Gasteiger partial charge in [-0.1, -0.05) is 50.2 Å². The molecule has 0 bridgehead atoms. The van der Waals surface area contributed by atoms with Crippen LogP contribution >= 0.6 is 0 Å². The summed E-state index contributed by atoms with van der Waals surface area (Å²) < 4.78 is 5.27. The Hall–Kier alpha value is -3.60. The fraction of sp³-hybridized carbons (Fsp3) is 0.231. The fourth-order valence-corrected chi connectivity index (χ4v) is 3.98. The minimum atomic E-state index is -0.393. The summed E-state index contributed by atoms with van der Waals surface area (Å²) in [5.74, 6) is 0.551. The summed E-state index contributed by atoms with van der Waals surface area (Å²) in [5, 5.41) is 10.9. The molecule has 2 heterocycles. The van der Waals surface area contributed by atoms with Crippen molar-refractivity contribution in [2.45, 2.75) is 32.4 Å². The smallest absolute Gasteiger partial charge is 0.290 e. The van der Waals surface area contributed by atoms with Gasteiger partial charge in [-0.3, -0.25) is 9.78 Å². The number of aliphatic hydroxyl groups excluding tert-OH is 1. The van der Waals surface area contributed by atoms with Crippen LogP contribution in [0, 0.1) is 0 Å². The minimum absolute atomic E-state index is 0.211. The largest absolute Gasteiger partial charge is 0.503 e. The van der Waals surface area contributed by atoms with Crippen LogP contribution in [0.15, 0.2) is 78.8 Å². The molecule has 1 aromatic heterocycles. The number of ether oxygens (including phenoxy) is 1. The number of aliphatic hydroxyl groups is 1. The summed E-state index contributed by atoms with van der Waals surface area (Å²) in [4.78, 5) is 18.9. The van der Waals surface area contributed by atoms with Crippen LogP contribution in [-0.4, -0.2) is 28.0 Å². The first kappa shape index (κ1) is 20.7. The Bertz CT molecular complexity index is 1090. The second-order valence-electron chi connectivity index (χ2n) is 8.00. The Morgan fingerprint density at radius 2 is 1.65 bits per heavy atom. The van der Waals surface area contributed by atoms with Gasteiger partial charge >= 0.3 is 0 Å². The second-order valence-corrected chi connectivity index (χ2v) is 8.00. The number of hydrogen-bond acceptors (Lipinski definition) is 4. The molecule has 0 radical (unpaired) electrons. The molecule has 31 heavy (non-hydrogen) atoms. The molecule has 2 aromatic carbocycles. The Labute approximate surface area is 182 Å². The molecule has 5 nitrogen and oxygen atoms in total. The Kier molecular flexibility index (Phi) is 5.76. The Morgan fingerprint density at radius 1 is 1.00 bits per heavy atom. The van der Waals surface area contributed by atoms with Gasteiger partial charge in [0.15, 0.2) is 5.76 Å². The summed E-state index contributed by atoms with van der Waals surface area (Å²) in [6, 6.07) is 19.1. The summed E-state index contributed by atoms with van der Waals surface area (Å²) in [7, 11) is 1.61. The van der Waals surface area contributed by atoms with Gasteiger partial charge in [-0.05, 0) is 52.4 Å². The summed E-state index contributed by atoms with van der Waals surface area (Å²) in [6.07, 6.45) is 3.42. The fourth-order valence-electron chi connectivity index (χ4n) is 3.98. The van der Waals surface area contributed by atoms with Crippen LogP contribution in [0.1, 0.15) is 48.1 Å². The minimum Gasteiger partial charge on any atom is -0.503 e. The predicted molar refractivity (Wildman–Crippen MR) is 121 cm³/mol. The van der Waals surface area contributed by atoms with Gasteiger partial charge in [0.25, 0.3) is 5.91 Å².